The monoisotopic (exact) mass is 372 g/mol. The van der Waals surface area contributed by atoms with Crippen LogP contribution in [0.3, 0.4) is 0 Å². The third kappa shape index (κ3) is 3.59. The first-order valence-corrected chi connectivity index (χ1v) is 10.2. The van der Waals surface area contributed by atoms with Crippen molar-refractivity contribution in [2.45, 2.75) is 31.8 Å². The largest absolute Gasteiger partial charge is 0.490 e. The summed E-state index contributed by atoms with van der Waals surface area (Å²) in [6, 6.07) is 16.8. The van der Waals surface area contributed by atoms with E-state index in [0.29, 0.717) is 11.8 Å². The molecule has 0 N–H and O–H groups in total. The molecule has 2 aromatic carbocycles. The fourth-order valence-corrected chi connectivity index (χ4v) is 3.96. The van der Waals surface area contributed by atoms with E-state index < -0.39 is 0 Å². The van der Waals surface area contributed by atoms with Crippen LogP contribution in [0, 0.1) is 5.92 Å². The maximum Gasteiger partial charge on any atom is 0.225 e. The topological polar surface area (TPSA) is 42.4 Å². The number of amides is 1. The van der Waals surface area contributed by atoms with E-state index in [4.69, 9.17) is 4.74 Å². The van der Waals surface area contributed by atoms with E-state index in [1.165, 1.54) is 16.5 Å². The smallest absolute Gasteiger partial charge is 0.225 e. The van der Waals surface area contributed by atoms with Crippen molar-refractivity contribution < 1.29 is 9.53 Å². The van der Waals surface area contributed by atoms with Gasteiger partial charge in [-0.05, 0) is 53.6 Å². The third-order valence-electron chi connectivity index (χ3n) is 5.81. The molecule has 0 unspecified atom stereocenters. The summed E-state index contributed by atoms with van der Waals surface area (Å²) in [6.07, 6.45) is 7.90. The van der Waals surface area contributed by atoms with Crippen molar-refractivity contribution in [2.24, 2.45) is 5.92 Å². The van der Waals surface area contributed by atoms with Crippen LogP contribution in [-0.2, 0) is 4.79 Å². The molecule has 4 nitrogen and oxygen atoms in total. The molecule has 142 valence electrons. The van der Waals surface area contributed by atoms with Crippen LogP contribution in [0.2, 0.25) is 0 Å². The molecular weight excluding hydrogens is 348 g/mol. The lowest BCUT2D eigenvalue weighted by molar-refractivity contribution is -0.134. The van der Waals surface area contributed by atoms with Gasteiger partial charge in [0.05, 0.1) is 0 Å². The van der Waals surface area contributed by atoms with Crippen LogP contribution in [0.1, 0.15) is 25.7 Å². The predicted octanol–water partition coefficient (Wildman–Crippen LogP) is 4.68. The fraction of sp³-hybridized carbons (Fsp3) is 0.333. The van der Waals surface area contributed by atoms with E-state index in [1.807, 2.05) is 35.5 Å². The summed E-state index contributed by atoms with van der Waals surface area (Å²) >= 11 is 0. The fourth-order valence-electron chi connectivity index (χ4n) is 3.96. The quantitative estimate of drug-likeness (QED) is 0.668. The zero-order valence-electron chi connectivity index (χ0n) is 15.9. The third-order valence-corrected chi connectivity index (χ3v) is 5.81. The normalized spacial score (nSPS) is 17.6. The number of ether oxygens (including phenoxy) is 1. The highest BCUT2D eigenvalue weighted by Crippen LogP contribution is 2.32. The molecule has 3 aromatic rings. The summed E-state index contributed by atoms with van der Waals surface area (Å²) in [5, 5.41) is 2.35. The summed E-state index contributed by atoms with van der Waals surface area (Å²) in [7, 11) is 0. The van der Waals surface area contributed by atoms with Gasteiger partial charge in [-0.3, -0.25) is 9.78 Å². The van der Waals surface area contributed by atoms with Gasteiger partial charge >= 0.3 is 0 Å². The van der Waals surface area contributed by atoms with E-state index in [1.54, 1.807) is 0 Å². The number of nitrogens with zero attached hydrogens (tertiary/aromatic N) is 2. The van der Waals surface area contributed by atoms with Crippen LogP contribution in [-0.4, -0.2) is 35.0 Å². The number of benzene rings is 2. The predicted molar refractivity (Wildman–Crippen MR) is 110 cm³/mol. The molecule has 0 radical (unpaired) electrons. The first kappa shape index (κ1) is 17.2. The maximum atomic E-state index is 12.2. The van der Waals surface area contributed by atoms with Gasteiger partial charge in [0.2, 0.25) is 5.91 Å². The van der Waals surface area contributed by atoms with Gasteiger partial charge in [-0.15, -0.1) is 0 Å². The summed E-state index contributed by atoms with van der Waals surface area (Å²) in [6.45, 7) is 1.65. The summed E-state index contributed by atoms with van der Waals surface area (Å²) in [5.41, 5.74) is 2.37. The average Bonchev–Trinajstić information content (AvgIpc) is 3.59. The second-order valence-corrected chi connectivity index (χ2v) is 7.88. The number of carbonyl (C=O) groups is 1. The van der Waals surface area contributed by atoms with Crippen molar-refractivity contribution in [2.75, 3.05) is 13.1 Å². The minimum atomic E-state index is 0.197. The Hall–Kier alpha value is -2.88. The van der Waals surface area contributed by atoms with Crippen LogP contribution in [0.5, 0.6) is 5.75 Å². The van der Waals surface area contributed by atoms with Gasteiger partial charge in [0.1, 0.15) is 11.9 Å². The molecule has 1 saturated heterocycles. The van der Waals surface area contributed by atoms with E-state index in [9.17, 15) is 4.79 Å². The molecule has 28 heavy (non-hydrogen) atoms. The van der Waals surface area contributed by atoms with E-state index >= 15 is 0 Å². The number of aromatic nitrogens is 1. The van der Waals surface area contributed by atoms with Crippen molar-refractivity contribution >= 4 is 16.7 Å². The Labute approximate surface area is 165 Å². The molecule has 1 amide bonds. The molecule has 1 aromatic heterocycles. The lowest BCUT2D eigenvalue weighted by Crippen LogP contribution is -2.42. The van der Waals surface area contributed by atoms with Crippen molar-refractivity contribution in [1.29, 1.82) is 0 Å². The highest BCUT2D eigenvalue weighted by Gasteiger charge is 2.35. The molecule has 1 saturated carbocycles. The number of hydrogen-bond acceptors (Lipinski definition) is 3. The number of hydrogen-bond donors (Lipinski definition) is 0. The Morgan fingerprint density at radius 2 is 1.64 bits per heavy atom. The molecule has 2 fully saturated rings. The number of carbonyl (C=O) groups excluding carboxylic acids is 1. The molecule has 4 heteroatoms. The first-order valence-electron chi connectivity index (χ1n) is 10.2. The average molecular weight is 372 g/mol. The molecule has 0 atom stereocenters. The zero-order valence-corrected chi connectivity index (χ0v) is 15.9. The highest BCUT2D eigenvalue weighted by molar-refractivity contribution is 5.86. The molecular formula is C24H24N2O2. The van der Waals surface area contributed by atoms with Crippen molar-refractivity contribution in [3.63, 3.8) is 0 Å². The molecule has 0 spiro atoms. The molecule has 2 aliphatic rings. The van der Waals surface area contributed by atoms with E-state index in [2.05, 4.69) is 35.3 Å². The van der Waals surface area contributed by atoms with Gasteiger partial charge in [0, 0.05) is 49.6 Å². The number of pyridine rings is 1. The van der Waals surface area contributed by atoms with Gasteiger partial charge in [-0.2, -0.15) is 0 Å². The minimum Gasteiger partial charge on any atom is -0.490 e. The van der Waals surface area contributed by atoms with Gasteiger partial charge in [-0.1, -0.05) is 24.3 Å². The Balaban J connectivity index is 1.22. The van der Waals surface area contributed by atoms with Gasteiger partial charge < -0.3 is 9.64 Å². The SMILES string of the molecule is O=C(C1CC1)N1CCC(Oc2ccc(-c3ccc4cnccc4c3)cc2)CC1. The Kier molecular flexibility index (Phi) is 4.47. The summed E-state index contributed by atoms with van der Waals surface area (Å²) in [4.78, 5) is 18.4. The van der Waals surface area contributed by atoms with E-state index in [0.717, 1.165) is 49.9 Å². The van der Waals surface area contributed by atoms with Crippen molar-refractivity contribution in [1.82, 2.24) is 9.88 Å². The lowest BCUT2D eigenvalue weighted by Gasteiger charge is -2.32. The zero-order chi connectivity index (χ0) is 18.9. The Morgan fingerprint density at radius 3 is 2.39 bits per heavy atom. The van der Waals surface area contributed by atoms with Crippen LogP contribution < -0.4 is 4.74 Å². The molecule has 1 aliphatic heterocycles. The second-order valence-electron chi connectivity index (χ2n) is 7.88. The summed E-state index contributed by atoms with van der Waals surface area (Å²) < 4.78 is 6.17. The lowest BCUT2D eigenvalue weighted by atomic mass is 10.0. The summed E-state index contributed by atoms with van der Waals surface area (Å²) in [5.74, 6) is 1.58. The Bertz CT molecular complexity index is 987. The highest BCUT2D eigenvalue weighted by atomic mass is 16.5. The molecule has 1 aliphatic carbocycles. The molecule has 5 rings (SSSR count). The Morgan fingerprint density at radius 1 is 0.893 bits per heavy atom. The van der Waals surface area contributed by atoms with E-state index in [-0.39, 0.29) is 6.10 Å². The van der Waals surface area contributed by atoms with Crippen LogP contribution in [0.25, 0.3) is 21.9 Å². The first-order chi connectivity index (χ1) is 13.8. The molecule has 2 heterocycles. The maximum absolute atomic E-state index is 12.2. The number of piperidine rings is 1. The van der Waals surface area contributed by atoms with Gasteiger partial charge in [0.25, 0.3) is 0 Å². The number of likely N-dealkylation sites (tertiary alicyclic amines) is 1. The van der Waals surface area contributed by atoms with Crippen LogP contribution >= 0.6 is 0 Å². The molecule has 0 bridgehead atoms. The standard InChI is InChI=1S/C24H24N2O2/c27-24(18-1-2-18)26-13-10-23(11-14-26)28-22-7-5-17(6-8-22)19-3-4-21-16-25-12-9-20(21)15-19/h3-9,12,15-16,18,23H,1-2,10-11,13-14H2. The second kappa shape index (κ2) is 7.27. The van der Waals surface area contributed by atoms with Gasteiger partial charge in [0.15, 0.2) is 0 Å². The van der Waals surface area contributed by atoms with Gasteiger partial charge in [-0.25, -0.2) is 0 Å². The number of fused-ring (bicyclic) bond motifs is 1. The number of rotatable bonds is 4. The van der Waals surface area contributed by atoms with Crippen LogP contribution in [0.15, 0.2) is 60.9 Å². The minimum absolute atomic E-state index is 0.197. The van der Waals surface area contributed by atoms with Crippen LogP contribution in [0.4, 0.5) is 0 Å². The van der Waals surface area contributed by atoms with Crippen molar-refractivity contribution in [3.8, 4) is 16.9 Å². The van der Waals surface area contributed by atoms with Crippen molar-refractivity contribution in [3.05, 3.63) is 60.9 Å².